The SMILES string of the molecule is CS(=O)(=O)c1ccc(-c2ccc(OCC3CCN(C(=O)O)CC3)cc2F)cc1. The summed E-state index contributed by atoms with van der Waals surface area (Å²) in [4.78, 5) is 12.5. The van der Waals surface area contributed by atoms with Crippen LogP contribution in [-0.2, 0) is 9.84 Å². The Morgan fingerprint density at radius 2 is 1.82 bits per heavy atom. The van der Waals surface area contributed by atoms with Gasteiger partial charge in [-0.25, -0.2) is 17.6 Å². The van der Waals surface area contributed by atoms with Gasteiger partial charge in [0.15, 0.2) is 9.84 Å². The van der Waals surface area contributed by atoms with Gasteiger partial charge in [0.2, 0.25) is 0 Å². The van der Waals surface area contributed by atoms with Gasteiger partial charge in [0, 0.05) is 31.0 Å². The predicted octanol–water partition coefficient (Wildman–Crippen LogP) is 3.67. The maximum atomic E-state index is 14.5. The number of amides is 1. The largest absolute Gasteiger partial charge is 0.493 e. The molecular formula is C20H22FNO5S. The highest BCUT2D eigenvalue weighted by molar-refractivity contribution is 7.90. The minimum absolute atomic E-state index is 0.186. The molecule has 28 heavy (non-hydrogen) atoms. The summed E-state index contributed by atoms with van der Waals surface area (Å²) in [5.74, 6) is 0.196. The Kier molecular flexibility index (Phi) is 5.88. The van der Waals surface area contributed by atoms with Crippen LogP contribution in [0.15, 0.2) is 47.4 Å². The molecule has 0 spiro atoms. The Bertz CT molecular complexity index is 951. The fourth-order valence-corrected chi connectivity index (χ4v) is 3.84. The summed E-state index contributed by atoms with van der Waals surface area (Å²) in [5, 5.41) is 8.96. The van der Waals surface area contributed by atoms with Crippen molar-refractivity contribution < 1.29 is 27.4 Å². The molecule has 0 aromatic heterocycles. The molecule has 1 N–H and O–H groups in total. The number of sulfone groups is 1. The number of likely N-dealkylation sites (tertiary alicyclic amines) is 1. The normalized spacial score (nSPS) is 15.4. The summed E-state index contributed by atoms with van der Waals surface area (Å²) >= 11 is 0. The number of carboxylic acid groups (broad SMARTS) is 1. The topological polar surface area (TPSA) is 83.9 Å². The summed E-state index contributed by atoms with van der Waals surface area (Å²) in [6.07, 6.45) is 1.67. The van der Waals surface area contributed by atoms with Crippen molar-refractivity contribution in [3.8, 4) is 16.9 Å². The van der Waals surface area contributed by atoms with Crippen molar-refractivity contribution in [2.24, 2.45) is 5.92 Å². The van der Waals surface area contributed by atoms with E-state index in [-0.39, 0.29) is 10.8 Å². The Morgan fingerprint density at radius 3 is 2.36 bits per heavy atom. The highest BCUT2D eigenvalue weighted by Crippen LogP contribution is 2.28. The number of carbonyl (C=O) groups is 1. The van der Waals surface area contributed by atoms with E-state index in [1.54, 1.807) is 24.3 Å². The van der Waals surface area contributed by atoms with Gasteiger partial charge in [0.1, 0.15) is 11.6 Å². The third-order valence-corrected chi connectivity index (χ3v) is 6.03. The van der Waals surface area contributed by atoms with E-state index < -0.39 is 21.7 Å². The lowest BCUT2D eigenvalue weighted by molar-refractivity contribution is 0.111. The van der Waals surface area contributed by atoms with Gasteiger partial charge in [0.05, 0.1) is 11.5 Å². The Balaban J connectivity index is 1.62. The van der Waals surface area contributed by atoms with Crippen molar-refractivity contribution in [1.82, 2.24) is 4.90 Å². The second-order valence-electron chi connectivity index (χ2n) is 6.96. The molecule has 1 aliphatic heterocycles. The monoisotopic (exact) mass is 407 g/mol. The highest BCUT2D eigenvalue weighted by Gasteiger charge is 2.22. The summed E-state index contributed by atoms with van der Waals surface area (Å²) in [6.45, 7) is 1.38. The lowest BCUT2D eigenvalue weighted by Crippen LogP contribution is -2.38. The van der Waals surface area contributed by atoms with Gasteiger partial charge >= 0.3 is 6.09 Å². The third kappa shape index (κ3) is 4.81. The molecule has 0 radical (unpaired) electrons. The molecule has 150 valence electrons. The van der Waals surface area contributed by atoms with E-state index in [9.17, 15) is 17.6 Å². The van der Waals surface area contributed by atoms with Gasteiger partial charge < -0.3 is 14.7 Å². The molecular weight excluding hydrogens is 385 g/mol. The average Bonchev–Trinajstić information content (AvgIpc) is 2.66. The molecule has 1 fully saturated rings. The van der Waals surface area contributed by atoms with Crippen LogP contribution in [0.2, 0.25) is 0 Å². The Hall–Kier alpha value is -2.61. The summed E-state index contributed by atoms with van der Waals surface area (Å²) in [7, 11) is -3.29. The van der Waals surface area contributed by atoms with Crippen molar-refractivity contribution >= 4 is 15.9 Å². The number of hydrogen-bond acceptors (Lipinski definition) is 4. The van der Waals surface area contributed by atoms with Crippen LogP contribution in [0.25, 0.3) is 11.1 Å². The van der Waals surface area contributed by atoms with E-state index in [0.717, 1.165) is 19.1 Å². The predicted molar refractivity (Wildman–Crippen MR) is 103 cm³/mol. The maximum Gasteiger partial charge on any atom is 0.407 e. The molecule has 2 aromatic carbocycles. The Labute approximate surface area is 163 Å². The molecule has 0 bridgehead atoms. The zero-order chi connectivity index (χ0) is 20.3. The van der Waals surface area contributed by atoms with Crippen LogP contribution in [0.4, 0.5) is 9.18 Å². The van der Waals surface area contributed by atoms with E-state index >= 15 is 0 Å². The minimum Gasteiger partial charge on any atom is -0.493 e. The second-order valence-corrected chi connectivity index (χ2v) is 8.98. The van der Waals surface area contributed by atoms with Crippen molar-refractivity contribution in [2.45, 2.75) is 17.7 Å². The first-order valence-corrected chi connectivity index (χ1v) is 10.8. The lowest BCUT2D eigenvalue weighted by atomic mass is 9.98. The average molecular weight is 407 g/mol. The van der Waals surface area contributed by atoms with Crippen LogP contribution in [0.1, 0.15) is 12.8 Å². The third-order valence-electron chi connectivity index (χ3n) is 4.90. The van der Waals surface area contributed by atoms with Gasteiger partial charge in [-0.1, -0.05) is 12.1 Å². The fraction of sp³-hybridized carbons (Fsp3) is 0.350. The van der Waals surface area contributed by atoms with E-state index in [0.29, 0.717) is 36.6 Å². The van der Waals surface area contributed by atoms with Crippen LogP contribution in [0, 0.1) is 11.7 Å². The molecule has 1 aliphatic rings. The number of ether oxygens (including phenoxy) is 1. The standard InChI is InChI=1S/C20H22FNO5S/c1-28(25,26)17-5-2-15(3-6-17)18-7-4-16(12-19(18)21)27-13-14-8-10-22(11-9-14)20(23)24/h2-7,12,14H,8-11,13H2,1H3,(H,23,24). The fourth-order valence-electron chi connectivity index (χ4n) is 3.21. The molecule has 1 amide bonds. The second kappa shape index (κ2) is 8.18. The summed E-state index contributed by atoms with van der Waals surface area (Å²) in [6, 6.07) is 10.7. The van der Waals surface area contributed by atoms with Crippen molar-refractivity contribution in [2.75, 3.05) is 26.0 Å². The molecule has 1 heterocycles. The van der Waals surface area contributed by atoms with Crippen molar-refractivity contribution in [1.29, 1.82) is 0 Å². The lowest BCUT2D eigenvalue weighted by Gasteiger charge is -2.29. The number of nitrogens with zero attached hydrogens (tertiary/aromatic N) is 1. The molecule has 6 nitrogen and oxygen atoms in total. The quantitative estimate of drug-likeness (QED) is 0.818. The number of piperidine rings is 1. The number of rotatable bonds is 5. The van der Waals surface area contributed by atoms with E-state index in [1.165, 1.54) is 23.1 Å². The van der Waals surface area contributed by atoms with E-state index in [4.69, 9.17) is 9.84 Å². The van der Waals surface area contributed by atoms with E-state index in [2.05, 4.69) is 0 Å². The van der Waals surface area contributed by atoms with Gasteiger partial charge in [-0.15, -0.1) is 0 Å². The van der Waals surface area contributed by atoms with Crippen LogP contribution < -0.4 is 4.74 Å². The van der Waals surface area contributed by atoms with Crippen LogP contribution in [0.3, 0.4) is 0 Å². The van der Waals surface area contributed by atoms with Gasteiger partial charge in [-0.3, -0.25) is 0 Å². The molecule has 8 heteroatoms. The molecule has 3 rings (SSSR count). The van der Waals surface area contributed by atoms with Crippen LogP contribution in [-0.4, -0.2) is 50.5 Å². The zero-order valence-corrected chi connectivity index (χ0v) is 16.3. The smallest absolute Gasteiger partial charge is 0.407 e. The van der Waals surface area contributed by atoms with Crippen molar-refractivity contribution in [3.05, 3.63) is 48.3 Å². The number of hydrogen-bond donors (Lipinski definition) is 1. The minimum atomic E-state index is -3.29. The van der Waals surface area contributed by atoms with Crippen LogP contribution in [0.5, 0.6) is 5.75 Å². The molecule has 0 atom stereocenters. The first-order chi connectivity index (χ1) is 13.2. The number of halogens is 1. The highest BCUT2D eigenvalue weighted by atomic mass is 32.2. The number of benzene rings is 2. The molecule has 0 unspecified atom stereocenters. The first-order valence-electron chi connectivity index (χ1n) is 8.95. The van der Waals surface area contributed by atoms with Crippen molar-refractivity contribution in [3.63, 3.8) is 0 Å². The van der Waals surface area contributed by atoms with Gasteiger partial charge in [-0.2, -0.15) is 0 Å². The zero-order valence-electron chi connectivity index (χ0n) is 15.5. The first kappa shape index (κ1) is 20.1. The molecule has 0 aliphatic carbocycles. The molecule has 2 aromatic rings. The summed E-state index contributed by atoms with van der Waals surface area (Å²) in [5.41, 5.74) is 0.944. The van der Waals surface area contributed by atoms with Gasteiger partial charge in [0.25, 0.3) is 0 Å². The Morgan fingerprint density at radius 1 is 1.18 bits per heavy atom. The summed E-state index contributed by atoms with van der Waals surface area (Å²) < 4.78 is 43.2. The molecule has 1 saturated heterocycles. The molecule has 0 saturated carbocycles. The maximum absolute atomic E-state index is 14.5. The van der Waals surface area contributed by atoms with Crippen LogP contribution >= 0.6 is 0 Å². The van der Waals surface area contributed by atoms with Gasteiger partial charge in [-0.05, 0) is 48.6 Å². The van der Waals surface area contributed by atoms with E-state index in [1.807, 2.05) is 0 Å².